The number of benzene rings is 2. The maximum Gasteiger partial charge on any atom is 0.343 e. The van der Waals surface area contributed by atoms with Gasteiger partial charge in [-0.1, -0.05) is 36.4 Å². The smallest absolute Gasteiger partial charge is 0.343 e. The summed E-state index contributed by atoms with van der Waals surface area (Å²) in [4.78, 5) is 33.6. The Morgan fingerprint density at radius 1 is 1.09 bits per heavy atom. The minimum atomic E-state index is -0.226. The predicted octanol–water partition coefficient (Wildman–Crippen LogP) is 4.20. The van der Waals surface area contributed by atoms with Gasteiger partial charge in [-0.2, -0.15) is 5.10 Å². The molecule has 170 valence electrons. The standard InChI is InChI=1S/C26H24N6O2/c1-27-23-13-28-22-9-8-20(12-21(22)23)17-2-4-18(5-3-17)24-29-30-26(34)32(24)15-16-10-11-31(14-16)25(33)19-6-7-19/h2-5,8-9,12-13,16,19,28H,6-7,10-11,14-15H2,(H,30,34)/t16-/m1/s1. The van der Waals surface area contributed by atoms with Crippen molar-refractivity contribution in [2.45, 2.75) is 25.8 Å². The summed E-state index contributed by atoms with van der Waals surface area (Å²) >= 11 is 0. The Morgan fingerprint density at radius 2 is 1.85 bits per heavy atom. The van der Waals surface area contributed by atoms with Crippen LogP contribution in [0.2, 0.25) is 0 Å². The molecule has 1 aliphatic heterocycles. The number of aromatic nitrogens is 4. The molecular weight excluding hydrogens is 428 g/mol. The molecule has 1 amide bonds. The quantitative estimate of drug-likeness (QED) is 0.445. The van der Waals surface area contributed by atoms with Gasteiger partial charge < -0.3 is 9.88 Å². The van der Waals surface area contributed by atoms with Crippen molar-refractivity contribution >= 4 is 22.5 Å². The van der Waals surface area contributed by atoms with E-state index in [1.807, 2.05) is 47.4 Å². The van der Waals surface area contributed by atoms with Crippen molar-refractivity contribution in [2.75, 3.05) is 13.1 Å². The van der Waals surface area contributed by atoms with Crippen LogP contribution in [0.4, 0.5) is 5.69 Å². The van der Waals surface area contributed by atoms with Gasteiger partial charge in [0.1, 0.15) is 0 Å². The van der Waals surface area contributed by atoms with Gasteiger partial charge >= 0.3 is 5.69 Å². The third-order valence-electron chi connectivity index (χ3n) is 6.98. The molecule has 2 N–H and O–H groups in total. The summed E-state index contributed by atoms with van der Waals surface area (Å²) in [6, 6.07) is 14.0. The van der Waals surface area contributed by atoms with Gasteiger partial charge in [0.15, 0.2) is 5.82 Å². The Labute approximate surface area is 196 Å². The number of nitrogens with one attached hydrogen (secondary N) is 2. The van der Waals surface area contributed by atoms with Gasteiger partial charge in [-0.05, 0) is 42.4 Å². The first kappa shape index (κ1) is 20.5. The van der Waals surface area contributed by atoms with Crippen LogP contribution in [-0.2, 0) is 11.3 Å². The first-order valence-electron chi connectivity index (χ1n) is 11.6. The number of carbonyl (C=O) groups is 1. The lowest BCUT2D eigenvalue weighted by Gasteiger charge is -2.16. The fraction of sp³-hybridized carbons (Fsp3) is 0.308. The van der Waals surface area contributed by atoms with Crippen molar-refractivity contribution in [3.05, 3.63) is 70.6 Å². The molecule has 0 spiro atoms. The molecule has 3 heterocycles. The summed E-state index contributed by atoms with van der Waals surface area (Å²) in [5.41, 5.74) is 4.23. The Morgan fingerprint density at radius 3 is 2.62 bits per heavy atom. The van der Waals surface area contributed by atoms with Crippen LogP contribution >= 0.6 is 0 Å². The highest BCUT2D eigenvalue weighted by molar-refractivity contribution is 5.95. The predicted molar refractivity (Wildman–Crippen MR) is 129 cm³/mol. The number of hydrogen-bond donors (Lipinski definition) is 2. The zero-order chi connectivity index (χ0) is 23.2. The van der Waals surface area contributed by atoms with Gasteiger partial charge in [0.25, 0.3) is 0 Å². The Balaban J connectivity index is 1.23. The average Bonchev–Trinajstić information content (AvgIpc) is 3.30. The van der Waals surface area contributed by atoms with Crippen LogP contribution in [-0.4, -0.2) is 43.6 Å². The third kappa shape index (κ3) is 3.59. The fourth-order valence-electron chi connectivity index (χ4n) is 4.93. The van der Waals surface area contributed by atoms with Crippen LogP contribution < -0.4 is 5.69 Å². The minimum absolute atomic E-state index is 0.226. The van der Waals surface area contributed by atoms with Crippen molar-refractivity contribution in [3.8, 4) is 22.5 Å². The van der Waals surface area contributed by atoms with Crippen molar-refractivity contribution in [1.29, 1.82) is 0 Å². The molecule has 0 unspecified atom stereocenters. The summed E-state index contributed by atoms with van der Waals surface area (Å²) in [5, 5.41) is 7.79. The van der Waals surface area contributed by atoms with Crippen molar-refractivity contribution < 1.29 is 4.79 Å². The average molecular weight is 453 g/mol. The molecule has 2 aromatic carbocycles. The second-order valence-electron chi connectivity index (χ2n) is 9.30. The Bertz CT molecular complexity index is 1480. The van der Waals surface area contributed by atoms with Crippen LogP contribution in [0.25, 0.3) is 38.3 Å². The number of likely N-dealkylation sites (tertiary alicyclic amines) is 1. The number of aromatic amines is 2. The number of rotatable bonds is 5. The number of amides is 1. The van der Waals surface area contributed by atoms with Gasteiger partial charge in [-0.3, -0.25) is 9.36 Å². The molecule has 8 nitrogen and oxygen atoms in total. The summed E-state index contributed by atoms with van der Waals surface area (Å²) in [6.07, 6.45) is 4.66. The highest BCUT2D eigenvalue weighted by atomic mass is 16.2. The first-order valence-corrected chi connectivity index (χ1v) is 11.6. The molecule has 2 fully saturated rings. The lowest BCUT2D eigenvalue weighted by Crippen LogP contribution is -2.31. The van der Waals surface area contributed by atoms with E-state index in [1.54, 1.807) is 10.8 Å². The highest BCUT2D eigenvalue weighted by Gasteiger charge is 2.36. The zero-order valence-corrected chi connectivity index (χ0v) is 18.6. The van der Waals surface area contributed by atoms with Gasteiger partial charge in [-0.15, -0.1) is 0 Å². The van der Waals surface area contributed by atoms with E-state index in [4.69, 9.17) is 6.57 Å². The number of H-pyrrole nitrogens is 2. The molecule has 0 radical (unpaired) electrons. The third-order valence-corrected chi connectivity index (χ3v) is 6.98. The van der Waals surface area contributed by atoms with Crippen LogP contribution in [0.1, 0.15) is 19.3 Å². The molecule has 1 aliphatic carbocycles. The lowest BCUT2D eigenvalue weighted by molar-refractivity contribution is -0.131. The van der Waals surface area contributed by atoms with Crippen molar-refractivity contribution in [2.24, 2.45) is 11.8 Å². The highest BCUT2D eigenvalue weighted by Crippen LogP contribution is 2.34. The van der Waals surface area contributed by atoms with E-state index < -0.39 is 0 Å². The zero-order valence-electron chi connectivity index (χ0n) is 18.6. The molecule has 0 bridgehead atoms. The SMILES string of the molecule is [C-]#[N+]c1c[nH]c2ccc(-c3ccc(-c4n[nH]c(=O)n4C[C@@H]4CCN(C(=O)C5CC5)C4)cc3)cc12. The monoisotopic (exact) mass is 452 g/mol. The molecule has 6 rings (SSSR count). The second kappa shape index (κ2) is 8.03. The van der Waals surface area contributed by atoms with Crippen molar-refractivity contribution in [3.63, 3.8) is 0 Å². The molecule has 34 heavy (non-hydrogen) atoms. The number of nitrogens with zero attached hydrogens (tertiary/aromatic N) is 4. The van der Waals surface area contributed by atoms with E-state index in [2.05, 4.69) is 20.0 Å². The van der Waals surface area contributed by atoms with E-state index >= 15 is 0 Å². The van der Waals surface area contributed by atoms with Gasteiger partial charge in [0, 0.05) is 48.2 Å². The van der Waals surface area contributed by atoms with E-state index in [0.29, 0.717) is 24.6 Å². The summed E-state index contributed by atoms with van der Waals surface area (Å²) in [6.45, 7) is 9.37. The normalized spacial score (nSPS) is 17.9. The summed E-state index contributed by atoms with van der Waals surface area (Å²) in [5.74, 6) is 1.37. The molecule has 4 aromatic rings. The largest absolute Gasteiger partial charge is 0.372 e. The number of hydrogen-bond acceptors (Lipinski definition) is 3. The topological polar surface area (TPSA) is 91.1 Å². The molecule has 2 aromatic heterocycles. The number of carbonyl (C=O) groups excluding carboxylic acids is 1. The molecule has 1 saturated carbocycles. The van der Waals surface area contributed by atoms with Gasteiger partial charge in [0.05, 0.1) is 6.57 Å². The van der Waals surface area contributed by atoms with Crippen LogP contribution in [0.5, 0.6) is 0 Å². The Hall–Kier alpha value is -4.12. The molecular formula is C26H24N6O2. The molecule has 1 atom stereocenters. The van der Waals surface area contributed by atoms with E-state index in [9.17, 15) is 9.59 Å². The van der Waals surface area contributed by atoms with Gasteiger partial charge in [0.2, 0.25) is 11.6 Å². The molecule has 1 saturated heterocycles. The van der Waals surface area contributed by atoms with Crippen LogP contribution in [0, 0.1) is 18.4 Å². The first-order chi connectivity index (χ1) is 16.6. The lowest BCUT2D eigenvalue weighted by atomic mass is 10.0. The molecule has 8 heteroatoms. The summed E-state index contributed by atoms with van der Waals surface area (Å²) in [7, 11) is 0. The van der Waals surface area contributed by atoms with Crippen LogP contribution in [0.15, 0.2) is 53.5 Å². The van der Waals surface area contributed by atoms with E-state index in [0.717, 1.165) is 53.4 Å². The maximum absolute atomic E-state index is 12.5. The Kier molecular flexibility index (Phi) is 4.84. The second-order valence-corrected chi connectivity index (χ2v) is 9.30. The fourth-order valence-corrected chi connectivity index (χ4v) is 4.93. The van der Waals surface area contributed by atoms with Crippen molar-refractivity contribution in [1.82, 2.24) is 24.6 Å². The van der Waals surface area contributed by atoms with E-state index in [-0.39, 0.29) is 23.4 Å². The summed E-state index contributed by atoms with van der Waals surface area (Å²) < 4.78 is 1.69. The van der Waals surface area contributed by atoms with E-state index in [1.165, 1.54) is 0 Å². The van der Waals surface area contributed by atoms with Crippen LogP contribution in [0.3, 0.4) is 0 Å². The van der Waals surface area contributed by atoms with Gasteiger partial charge in [-0.25, -0.2) is 14.7 Å². The minimum Gasteiger partial charge on any atom is -0.372 e. The maximum atomic E-state index is 12.5. The number of fused-ring (bicyclic) bond motifs is 1. The molecule has 2 aliphatic rings.